The Hall–Kier alpha value is -4.60. The minimum atomic E-state index is -4.83. The highest BCUT2D eigenvalue weighted by Crippen LogP contribution is 2.40. The molecule has 1 N–H and O–H groups in total. The molecule has 0 aromatic heterocycles. The quantitative estimate of drug-likeness (QED) is 0.157. The van der Waals surface area contributed by atoms with Gasteiger partial charge in [-0.3, -0.25) is 4.79 Å². The largest absolute Gasteiger partial charge is 0.489 e. The van der Waals surface area contributed by atoms with E-state index in [-0.39, 0.29) is 37.4 Å². The van der Waals surface area contributed by atoms with Gasteiger partial charge in [-0.1, -0.05) is 55.6 Å². The number of rotatable bonds is 12. The summed E-state index contributed by atoms with van der Waals surface area (Å²) in [4.78, 5) is 23.6. The molecule has 0 aliphatic carbocycles. The molecule has 0 aliphatic rings. The molecule has 0 atom stereocenters. The number of carbonyl (C=O) groups excluding carboxylic acids is 1. The second-order valence-corrected chi connectivity index (χ2v) is 8.15. The van der Waals surface area contributed by atoms with Crippen LogP contribution in [0, 0.1) is 5.82 Å². The van der Waals surface area contributed by atoms with Crippen molar-refractivity contribution in [2.75, 3.05) is 13.2 Å². The fourth-order valence-corrected chi connectivity index (χ4v) is 3.63. The summed E-state index contributed by atoms with van der Waals surface area (Å²) in [6.45, 7) is 6.18. The fraction of sp³-hybridized carbons (Fsp3) is 0.172. The second-order valence-electron chi connectivity index (χ2n) is 8.15. The van der Waals surface area contributed by atoms with Crippen LogP contribution in [0.3, 0.4) is 0 Å². The average Bonchev–Trinajstić information content (AvgIpc) is 2.89. The van der Waals surface area contributed by atoms with Crippen molar-refractivity contribution in [3.63, 3.8) is 0 Å². The molecule has 0 saturated heterocycles. The SMILES string of the molecule is C=CCOC(=O)Cc1ccc(-c2ccc(OCc3ccc(C(F)(F)F)c(OCC=C)c3C(=O)O)cc2)cc1F. The highest BCUT2D eigenvalue weighted by Gasteiger charge is 2.37. The Kier molecular flexibility index (Phi) is 9.48. The van der Waals surface area contributed by atoms with Gasteiger partial charge in [0, 0.05) is 5.56 Å². The van der Waals surface area contributed by atoms with Gasteiger partial charge in [-0.25, -0.2) is 9.18 Å². The lowest BCUT2D eigenvalue weighted by molar-refractivity contribution is -0.141. The van der Waals surface area contributed by atoms with Gasteiger partial charge >= 0.3 is 18.1 Å². The third kappa shape index (κ3) is 7.47. The number of aromatic carboxylic acids is 1. The van der Waals surface area contributed by atoms with E-state index in [9.17, 15) is 32.3 Å². The number of esters is 1. The summed E-state index contributed by atoms with van der Waals surface area (Å²) in [5, 5.41) is 9.63. The maximum Gasteiger partial charge on any atom is 0.419 e. The molecule has 0 saturated carbocycles. The standard InChI is InChI=1S/C29H24F4O6/c1-3-13-37-25(34)16-20-6-5-19(15-24(20)30)18-7-10-22(11-8-18)39-17-21-9-12-23(29(31,32)33)27(38-14-4-2)26(21)28(35)36/h3-12,15H,1-2,13-14,16-17H2,(H,35,36). The zero-order chi connectivity index (χ0) is 28.6. The van der Waals surface area contributed by atoms with Crippen molar-refractivity contribution in [1.82, 2.24) is 0 Å². The van der Waals surface area contributed by atoms with Crippen molar-refractivity contribution in [3.05, 3.63) is 108 Å². The molecule has 0 amide bonds. The lowest BCUT2D eigenvalue weighted by Gasteiger charge is -2.18. The molecule has 0 radical (unpaired) electrons. The van der Waals surface area contributed by atoms with Gasteiger partial charge in [0.15, 0.2) is 0 Å². The summed E-state index contributed by atoms with van der Waals surface area (Å²) in [6, 6.07) is 12.5. The average molecular weight is 544 g/mol. The van der Waals surface area contributed by atoms with Gasteiger partial charge < -0.3 is 19.3 Å². The van der Waals surface area contributed by atoms with Gasteiger partial charge in [-0.15, -0.1) is 0 Å². The van der Waals surface area contributed by atoms with E-state index in [1.54, 1.807) is 30.3 Å². The van der Waals surface area contributed by atoms with Gasteiger partial charge in [0.2, 0.25) is 0 Å². The van der Waals surface area contributed by atoms with Crippen molar-refractivity contribution in [1.29, 1.82) is 0 Å². The highest BCUT2D eigenvalue weighted by atomic mass is 19.4. The Morgan fingerprint density at radius 2 is 1.51 bits per heavy atom. The zero-order valence-corrected chi connectivity index (χ0v) is 20.6. The normalized spacial score (nSPS) is 11.0. The molecule has 3 aromatic rings. The van der Waals surface area contributed by atoms with Crippen LogP contribution in [0.2, 0.25) is 0 Å². The third-order valence-corrected chi connectivity index (χ3v) is 5.44. The minimum Gasteiger partial charge on any atom is -0.489 e. The molecule has 0 bridgehead atoms. The number of hydrogen-bond acceptors (Lipinski definition) is 5. The predicted molar refractivity (Wildman–Crippen MR) is 135 cm³/mol. The summed E-state index contributed by atoms with van der Waals surface area (Å²) >= 11 is 0. The molecule has 0 fully saturated rings. The van der Waals surface area contributed by atoms with Crippen molar-refractivity contribution < 1.29 is 46.5 Å². The molecule has 3 aromatic carbocycles. The monoisotopic (exact) mass is 544 g/mol. The number of hydrogen-bond donors (Lipinski definition) is 1. The van der Waals surface area contributed by atoms with Crippen molar-refractivity contribution in [3.8, 4) is 22.6 Å². The third-order valence-electron chi connectivity index (χ3n) is 5.44. The van der Waals surface area contributed by atoms with E-state index in [1.807, 2.05) is 0 Å². The molecule has 10 heteroatoms. The van der Waals surface area contributed by atoms with Crippen molar-refractivity contribution in [2.45, 2.75) is 19.2 Å². The molecule has 39 heavy (non-hydrogen) atoms. The lowest BCUT2D eigenvalue weighted by atomic mass is 10.0. The minimum absolute atomic E-state index is 0.0251. The molecule has 0 unspecified atom stereocenters. The molecular weight excluding hydrogens is 520 g/mol. The first-order valence-corrected chi connectivity index (χ1v) is 11.5. The number of carboxylic acids is 1. The van der Waals surface area contributed by atoms with Crippen LogP contribution >= 0.6 is 0 Å². The number of alkyl halides is 3. The van der Waals surface area contributed by atoms with Gasteiger partial charge in [0.05, 0.1) is 12.0 Å². The molecule has 0 aliphatic heterocycles. The van der Waals surface area contributed by atoms with Crippen LogP contribution in [0.15, 0.2) is 79.9 Å². The van der Waals surface area contributed by atoms with Crippen LogP contribution in [0.1, 0.15) is 27.0 Å². The zero-order valence-electron chi connectivity index (χ0n) is 20.6. The summed E-state index contributed by atoms with van der Waals surface area (Å²) in [5.74, 6) is -3.28. The predicted octanol–water partition coefficient (Wildman–Crippen LogP) is 6.63. The van der Waals surface area contributed by atoms with Gasteiger partial charge in [0.1, 0.15) is 42.7 Å². The van der Waals surface area contributed by atoms with Crippen LogP contribution in [0.5, 0.6) is 11.5 Å². The molecule has 0 heterocycles. The summed E-state index contributed by atoms with van der Waals surface area (Å²) in [5.41, 5.74) is -0.572. The summed E-state index contributed by atoms with van der Waals surface area (Å²) in [7, 11) is 0. The van der Waals surface area contributed by atoms with Crippen molar-refractivity contribution in [2.24, 2.45) is 0 Å². The smallest absolute Gasteiger partial charge is 0.419 e. The molecule has 204 valence electrons. The van der Waals surface area contributed by atoms with E-state index in [4.69, 9.17) is 14.2 Å². The first-order chi connectivity index (χ1) is 18.5. The van der Waals surface area contributed by atoms with E-state index in [0.29, 0.717) is 16.9 Å². The Morgan fingerprint density at radius 3 is 2.10 bits per heavy atom. The Balaban J connectivity index is 1.77. The first kappa shape index (κ1) is 29.0. The number of benzene rings is 3. The first-order valence-electron chi connectivity index (χ1n) is 11.5. The van der Waals surface area contributed by atoms with Gasteiger partial charge in [0.25, 0.3) is 0 Å². The number of ether oxygens (including phenoxy) is 3. The molecule has 6 nitrogen and oxygen atoms in total. The Morgan fingerprint density at radius 1 is 0.872 bits per heavy atom. The number of carboxylic acid groups (broad SMARTS) is 1. The lowest BCUT2D eigenvalue weighted by Crippen LogP contribution is -2.15. The van der Waals surface area contributed by atoms with Crippen LogP contribution in [0.4, 0.5) is 17.6 Å². The van der Waals surface area contributed by atoms with Gasteiger partial charge in [-0.2, -0.15) is 13.2 Å². The molecule has 0 spiro atoms. The Labute approximate surface area is 221 Å². The van der Waals surface area contributed by atoms with Crippen molar-refractivity contribution >= 4 is 11.9 Å². The Bertz CT molecular complexity index is 1360. The maximum absolute atomic E-state index is 14.5. The van der Waals surface area contributed by atoms with Crippen LogP contribution in [0.25, 0.3) is 11.1 Å². The second kappa shape index (κ2) is 12.8. The van der Waals surface area contributed by atoms with Crippen LogP contribution < -0.4 is 9.47 Å². The maximum atomic E-state index is 14.5. The van der Waals surface area contributed by atoms with E-state index in [0.717, 1.165) is 12.1 Å². The molecular formula is C29H24F4O6. The van der Waals surface area contributed by atoms with Crippen LogP contribution in [-0.2, 0) is 28.7 Å². The number of halogens is 4. The van der Waals surface area contributed by atoms with Crippen LogP contribution in [-0.4, -0.2) is 30.3 Å². The number of carbonyl (C=O) groups is 2. The highest BCUT2D eigenvalue weighted by molar-refractivity contribution is 5.93. The fourth-order valence-electron chi connectivity index (χ4n) is 3.63. The summed E-state index contributed by atoms with van der Waals surface area (Å²) < 4.78 is 70.5. The van der Waals surface area contributed by atoms with Gasteiger partial charge in [-0.05, 0) is 41.0 Å². The molecule has 3 rings (SSSR count). The summed E-state index contributed by atoms with van der Waals surface area (Å²) in [6.07, 6.45) is -2.44. The van der Waals surface area contributed by atoms with E-state index < -0.39 is 40.8 Å². The topological polar surface area (TPSA) is 82.1 Å². The van der Waals surface area contributed by atoms with E-state index >= 15 is 0 Å². The van der Waals surface area contributed by atoms with E-state index in [1.165, 1.54) is 24.3 Å². The van der Waals surface area contributed by atoms with E-state index in [2.05, 4.69) is 13.2 Å².